The van der Waals surface area contributed by atoms with Crippen molar-refractivity contribution in [2.75, 3.05) is 5.32 Å². The van der Waals surface area contributed by atoms with Gasteiger partial charge in [-0.3, -0.25) is 4.79 Å². The number of rotatable bonds is 3. The van der Waals surface area contributed by atoms with Crippen molar-refractivity contribution in [2.24, 2.45) is 0 Å². The Bertz CT molecular complexity index is 1050. The number of benzene rings is 1. The minimum Gasteiger partial charge on any atom is -0.451 e. The van der Waals surface area contributed by atoms with Crippen molar-refractivity contribution >= 4 is 22.2 Å². The van der Waals surface area contributed by atoms with Gasteiger partial charge >= 0.3 is 6.18 Å². The van der Waals surface area contributed by atoms with Gasteiger partial charge in [-0.05, 0) is 23.4 Å². The third-order valence-electron chi connectivity index (χ3n) is 3.10. The molecule has 0 fully saturated rings. The number of nitrogens with one attached hydrogen (secondary N) is 2. The van der Waals surface area contributed by atoms with Crippen LogP contribution >= 0.6 is 0 Å². The molecule has 2 aromatic heterocycles. The second-order valence-electron chi connectivity index (χ2n) is 4.73. The lowest BCUT2D eigenvalue weighted by molar-refractivity contribution is -0.152. The number of allylic oxidation sites excluding steroid dienone is 1. The number of alkyl halides is 3. The van der Waals surface area contributed by atoms with E-state index >= 15 is 0 Å². The summed E-state index contributed by atoms with van der Waals surface area (Å²) in [6, 6.07) is 6.18. The van der Waals surface area contributed by atoms with Crippen molar-refractivity contribution in [2.45, 2.75) is 6.18 Å². The first-order chi connectivity index (χ1) is 11.9. The molecule has 0 radical (unpaired) electrons. The van der Waals surface area contributed by atoms with Crippen molar-refractivity contribution in [3.63, 3.8) is 0 Å². The minimum atomic E-state index is -4.75. The van der Waals surface area contributed by atoms with Crippen LogP contribution in [-0.4, -0.2) is 20.6 Å². The van der Waals surface area contributed by atoms with E-state index in [4.69, 9.17) is 9.68 Å². The van der Waals surface area contributed by atoms with Gasteiger partial charge in [0, 0.05) is 18.0 Å². The summed E-state index contributed by atoms with van der Waals surface area (Å²) in [5.74, 6) is -1.31. The second kappa shape index (κ2) is 6.08. The van der Waals surface area contributed by atoms with E-state index in [-0.39, 0.29) is 22.4 Å². The number of aromatic amines is 1. The van der Waals surface area contributed by atoms with E-state index in [2.05, 4.69) is 25.9 Å². The Labute approximate surface area is 136 Å². The van der Waals surface area contributed by atoms with Crippen molar-refractivity contribution < 1.29 is 17.6 Å². The summed E-state index contributed by atoms with van der Waals surface area (Å²) < 4.78 is 42.7. The van der Waals surface area contributed by atoms with Crippen LogP contribution in [0.2, 0.25) is 0 Å². The first-order valence-corrected chi connectivity index (χ1v) is 6.64. The Morgan fingerprint density at radius 1 is 1.36 bits per heavy atom. The maximum atomic E-state index is 12.7. The maximum absolute atomic E-state index is 12.7. The molecular formula is C14H7F3N6O2. The molecule has 0 bridgehead atoms. The van der Waals surface area contributed by atoms with Crippen LogP contribution in [0.4, 0.5) is 18.9 Å². The van der Waals surface area contributed by atoms with Crippen LogP contribution in [0.15, 0.2) is 39.7 Å². The van der Waals surface area contributed by atoms with Gasteiger partial charge < -0.3 is 9.73 Å². The topological polar surface area (TPSA) is 120 Å². The van der Waals surface area contributed by atoms with Crippen LogP contribution in [0.1, 0.15) is 11.6 Å². The van der Waals surface area contributed by atoms with Gasteiger partial charge in [-0.1, -0.05) is 0 Å². The Kier molecular flexibility index (Phi) is 3.94. The summed E-state index contributed by atoms with van der Waals surface area (Å²) in [7, 11) is 0. The summed E-state index contributed by atoms with van der Waals surface area (Å²) in [6.45, 7) is 0. The molecule has 3 aromatic rings. The predicted molar refractivity (Wildman–Crippen MR) is 78.9 cm³/mol. The highest BCUT2D eigenvalue weighted by Crippen LogP contribution is 2.30. The van der Waals surface area contributed by atoms with E-state index < -0.39 is 17.4 Å². The molecule has 0 unspecified atom stereocenters. The largest absolute Gasteiger partial charge is 0.451 e. The van der Waals surface area contributed by atoms with E-state index in [1.165, 1.54) is 24.4 Å². The fourth-order valence-electron chi connectivity index (χ4n) is 1.96. The molecule has 126 valence electrons. The van der Waals surface area contributed by atoms with Crippen molar-refractivity contribution in [1.82, 2.24) is 20.6 Å². The normalized spacial score (nSPS) is 12.2. The summed E-state index contributed by atoms with van der Waals surface area (Å²) in [4.78, 5) is 11.9. The Hall–Kier alpha value is -3.68. The third-order valence-corrected chi connectivity index (χ3v) is 3.10. The van der Waals surface area contributed by atoms with Crippen molar-refractivity contribution in [3.8, 4) is 6.07 Å². The van der Waals surface area contributed by atoms with E-state index in [9.17, 15) is 18.0 Å². The predicted octanol–water partition coefficient (Wildman–Crippen LogP) is 2.30. The number of H-pyrrole nitrogens is 1. The molecule has 25 heavy (non-hydrogen) atoms. The quantitative estimate of drug-likeness (QED) is 0.697. The molecule has 0 atom stereocenters. The van der Waals surface area contributed by atoms with Gasteiger partial charge in [0.05, 0.1) is 5.39 Å². The van der Waals surface area contributed by atoms with Crippen molar-refractivity contribution in [3.05, 3.63) is 52.3 Å². The average molecular weight is 348 g/mol. The SMILES string of the molecule is N#CC(=CNc1ccc2oc(C(F)(F)F)cc(=O)c2c1)c1nn[nH]n1. The molecule has 8 nitrogen and oxygen atoms in total. The molecule has 2 heterocycles. The fourth-order valence-corrected chi connectivity index (χ4v) is 1.96. The maximum Gasteiger partial charge on any atom is 0.449 e. The molecule has 0 spiro atoms. The van der Waals surface area contributed by atoms with Crippen molar-refractivity contribution in [1.29, 1.82) is 5.26 Å². The van der Waals surface area contributed by atoms with Crippen LogP contribution in [0.3, 0.4) is 0 Å². The first-order valence-electron chi connectivity index (χ1n) is 6.64. The molecule has 2 N–H and O–H groups in total. The Balaban J connectivity index is 1.96. The average Bonchev–Trinajstić information content (AvgIpc) is 3.09. The number of anilines is 1. The molecule has 3 rings (SSSR count). The molecule has 1 aromatic carbocycles. The smallest absolute Gasteiger partial charge is 0.449 e. The zero-order valence-corrected chi connectivity index (χ0v) is 12.1. The van der Waals surface area contributed by atoms with E-state index in [1.807, 2.05) is 6.07 Å². The van der Waals surface area contributed by atoms with Crippen LogP contribution in [0, 0.1) is 11.3 Å². The van der Waals surface area contributed by atoms with E-state index in [0.29, 0.717) is 11.8 Å². The second-order valence-corrected chi connectivity index (χ2v) is 4.73. The van der Waals surface area contributed by atoms with Gasteiger partial charge in [-0.15, -0.1) is 10.2 Å². The first kappa shape index (κ1) is 16.2. The molecule has 0 saturated heterocycles. The van der Waals surface area contributed by atoms with Crippen LogP contribution in [0.25, 0.3) is 16.5 Å². The number of hydrogen-bond donors (Lipinski definition) is 2. The molecule has 11 heteroatoms. The van der Waals surface area contributed by atoms with Gasteiger partial charge in [0.1, 0.15) is 17.2 Å². The zero-order valence-electron chi connectivity index (χ0n) is 12.1. The molecular weight excluding hydrogens is 341 g/mol. The number of tetrazole rings is 1. The minimum absolute atomic E-state index is 0.0375. The number of halogens is 3. The number of aromatic nitrogens is 4. The molecule has 0 aliphatic heterocycles. The Morgan fingerprint density at radius 2 is 2.16 bits per heavy atom. The lowest BCUT2D eigenvalue weighted by Crippen LogP contribution is -2.11. The van der Waals surface area contributed by atoms with E-state index in [1.54, 1.807) is 0 Å². The Morgan fingerprint density at radius 3 is 2.80 bits per heavy atom. The van der Waals surface area contributed by atoms with Gasteiger partial charge in [0.2, 0.25) is 11.6 Å². The van der Waals surface area contributed by atoms with Gasteiger partial charge in [-0.25, -0.2) is 0 Å². The zero-order chi connectivity index (χ0) is 18.0. The van der Waals surface area contributed by atoms with Crippen LogP contribution < -0.4 is 10.7 Å². The number of hydrogen-bond acceptors (Lipinski definition) is 7. The highest BCUT2D eigenvalue weighted by Gasteiger charge is 2.34. The third kappa shape index (κ3) is 3.32. The number of nitriles is 1. The summed E-state index contributed by atoms with van der Waals surface area (Å²) >= 11 is 0. The van der Waals surface area contributed by atoms with Gasteiger partial charge in [0.25, 0.3) is 0 Å². The molecule has 0 aliphatic rings. The van der Waals surface area contributed by atoms with Crippen LogP contribution in [-0.2, 0) is 6.18 Å². The fraction of sp³-hybridized carbons (Fsp3) is 0.0714. The number of nitrogens with zero attached hydrogens (tertiary/aromatic N) is 4. The summed E-state index contributed by atoms with van der Waals surface area (Å²) in [5, 5.41) is 24.6. The lowest BCUT2D eigenvalue weighted by atomic mass is 10.2. The molecule has 0 amide bonds. The highest BCUT2D eigenvalue weighted by molar-refractivity contribution is 5.82. The van der Waals surface area contributed by atoms with Crippen LogP contribution in [0.5, 0.6) is 0 Å². The molecule has 0 aliphatic carbocycles. The van der Waals surface area contributed by atoms with E-state index in [0.717, 1.165) is 0 Å². The standard InChI is InChI=1S/C14H7F3N6O2/c15-14(16,17)12-4-10(24)9-3-8(1-2-11(9)25-12)19-6-7(5-18)13-20-22-23-21-13/h1-4,6,19H,(H,20,21,22,23). The monoisotopic (exact) mass is 348 g/mol. The van der Waals surface area contributed by atoms with Gasteiger partial charge in [0.15, 0.2) is 5.43 Å². The molecule has 0 saturated carbocycles. The summed E-state index contributed by atoms with van der Waals surface area (Å²) in [6.07, 6.45) is -3.48. The highest BCUT2D eigenvalue weighted by atomic mass is 19.4. The lowest BCUT2D eigenvalue weighted by Gasteiger charge is -2.07. The summed E-state index contributed by atoms with van der Waals surface area (Å²) in [5.41, 5.74) is -0.614. The number of fused-ring (bicyclic) bond motifs is 1. The van der Waals surface area contributed by atoms with Gasteiger partial charge in [-0.2, -0.15) is 23.6 Å².